The summed E-state index contributed by atoms with van der Waals surface area (Å²) < 4.78 is 24.2. The highest BCUT2D eigenvalue weighted by Crippen LogP contribution is 2.18. The topological polar surface area (TPSA) is 37.4 Å². The van der Waals surface area contributed by atoms with Gasteiger partial charge in [-0.3, -0.25) is 0 Å². The second-order valence-corrected chi connectivity index (χ2v) is 5.15. The van der Waals surface area contributed by atoms with Crippen LogP contribution in [0.2, 0.25) is 0 Å². The molecule has 3 nitrogen and oxygen atoms in total. The van der Waals surface area contributed by atoms with E-state index in [1.54, 1.807) is 6.54 Å². The van der Waals surface area contributed by atoms with E-state index in [0.717, 1.165) is 25.7 Å². The van der Waals surface area contributed by atoms with Crippen molar-refractivity contribution in [1.82, 2.24) is 4.31 Å². The third kappa shape index (κ3) is 2.45. The molecule has 0 atom stereocenters. The van der Waals surface area contributed by atoms with Gasteiger partial charge in [-0.2, -0.15) is 4.31 Å². The summed E-state index contributed by atoms with van der Waals surface area (Å²) in [6.07, 6.45) is 3.78. The van der Waals surface area contributed by atoms with E-state index in [1.807, 2.05) is 0 Å². The van der Waals surface area contributed by atoms with Crippen molar-refractivity contribution in [1.29, 1.82) is 0 Å². The Bertz CT molecular complexity index is 219. The Morgan fingerprint density at radius 1 is 1.42 bits per heavy atom. The van der Waals surface area contributed by atoms with Gasteiger partial charge >= 0.3 is 0 Å². The van der Waals surface area contributed by atoms with E-state index in [4.69, 9.17) is 0 Å². The first kappa shape index (κ1) is 9.99. The number of rotatable bonds is 5. The minimum absolute atomic E-state index is 0.317. The summed E-state index contributed by atoms with van der Waals surface area (Å²) in [5.41, 5.74) is 0. The Kier molecular flexibility index (Phi) is 3.53. The molecule has 0 aliphatic carbocycles. The van der Waals surface area contributed by atoms with E-state index in [0.29, 0.717) is 12.3 Å². The van der Waals surface area contributed by atoms with Gasteiger partial charge in [0.2, 0.25) is 10.0 Å². The molecule has 0 bridgehead atoms. The number of unbranched alkanes of at least 4 members (excludes halogenated alkanes) is 2. The van der Waals surface area contributed by atoms with Gasteiger partial charge in [-0.05, 0) is 12.8 Å². The van der Waals surface area contributed by atoms with Crippen LogP contribution in [0.25, 0.3) is 0 Å². The zero-order valence-corrected chi connectivity index (χ0v) is 8.31. The summed E-state index contributed by atoms with van der Waals surface area (Å²) in [6, 6.07) is 0. The minimum atomic E-state index is -2.92. The van der Waals surface area contributed by atoms with E-state index < -0.39 is 10.0 Å². The zero-order chi connectivity index (χ0) is 9.03. The lowest BCUT2D eigenvalue weighted by molar-refractivity contribution is 0.378. The number of sulfonamides is 1. The molecular weight excluding hydrogens is 174 g/mol. The summed E-state index contributed by atoms with van der Waals surface area (Å²) in [5, 5.41) is 0. The molecule has 12 heavy (non-hydrogen) atoms. The molecule has 1 saturated heterocycles. The molecule has 0 aromatic rings. The maximum Gasteiger partial charge on any atom is 0.214 e. The van der Waals surface area contributed by atoms with E-state index in [9.17, 15) is 8.42 Å². The first-order chi connectivity index (χ1) is 5.67. The van der Waals surface area contributed by atoms with Gasteiger partial charge in [0.05, 0.1) is 5.75 Å². The molecule has 0 saturated carbocycles. The highest BCUT2D eigenvalue weighted by atomic mass is 32.2. The second-order valence-electron chi connectivity index (χ2n) is 3.11. The van der Waals surface area contributed by atoms with Crippen molar-refractivity contribution in [3.8, 4) is 0 Å². The lowest BCUT2D eigenvalue weighted by Gasteiger charge is -2.28. The van der Waals surface area contributed by atoms with E-state index in [-0.39, 0.29) is 0 Å². The van der Waals surface area contributed by atoms with E-state index in [1.165, 1.54) is 4.31 Å². The van der Waals surface area contributed by atoms with Crippen molar-refractivity contribution in [2.45, 2.75) is 32.6 Å². The average Bonchev–Trinajstić information content (AvgIpc) is 1.82. The molecule has 0 amide bonds. The average molecular weight is 190 g/mol. The van der Waals surface area contributed by atoms with Crippen LogP contribution in [0, 0.1) is 6.54 Å². The molecule has 4 heteroatoms. The SMILES string of the molecule is CCCCCS(=O)(=O)N1[CH]CC1. The van der Waals surface area contributed by atoms with Crippen LogP contribution in [0.5, 0.6) is 0 Å². The number of nitrogens with zero attached hydrogens (tertiary/aromatic N) is 1. The summed E-state index contributed by atoms with van der Waals surface area (Å²) in [5.74, 6) is 0.317. The molecule has 0 aromatic heterocycles. The Labute approximate surface area is 74.8 Å². The van der Waals surface area contributed by atoms with E-state index in [2.05, 4.69) is 6.92 Å². The summed E-state index contributed by atoms with van der Waals surface area (Å²) in [6.45, 7) is 4.51. The fraction of sp³-hybridized carbons (Fsp3) is 0.875. The van der Waals surface area contributed by atoms with Crippen LogP contribution < -0.4 is 0 Å². The van der Waals surface area contributed by atoms with Crippen molar-refractivity contribution in [3.63, 3.8) is 0 Å². The van der Waals surface area contributed by atoms with Crippen molar-refractivity contribution < 1.29 is 8.42 Å². The predicted octanol–water partition coefficient (Wildman–Crippen LogP) is 1.37. The summed E-state index contributed by atoms with van der Waals surface area (Å²) in [4.78, 5) is 0. The number of hydrogen-bond acceptors (Lipinski definition) is 2. The molecule has 71 valence electrons. The third-order valence-corrected chi connectivity index (χ3v) is 3.90. The van der Waals surface area contributed by atoms with Crippen molar-refractivity contribution in [2.24, 2.45) is 0 Å². The van der Waals surface area contributed by atoms with Crippen LogP contribution in [0.1, 0.15) is 32.6 Å². The summed E-state index contributed by atoms with van der Waals surface area (Å²) >= 11 is 0. The van der Waals surface area contributed by atoms with Crippen LogP contribution in [-0.4, -0.2) is 25.0 Å². The largest absolute Gasteiger partial charge is 0.214 e. The maximum absolute atomic E-state index is 11.4. The fourth-order valence-electron chi connectivity index (χ4n) is 1.14. The second kappa shape index (κ2) is 4.23. The monoisotopic (exact) mass is 190 g/mol. The Hall–Kier alpha value is -0.0900. The molecule has 1 aliphatic rings. The minimum Gasteiger partial charge on any atom is -0.212 e. The summed E-state index contributed by atoms with van der Waals surface area (Å²) in [7, 11) is -2.92. The molecule has 0 aromatic carbocycles. The van der Waals surface area contributed by atoms with Gasteiger partial charge < -0.3 is 0 Å². The zero-order valence-electron chi connectivity index (χ0n) is 7.49. The van der Waals surface area contributed by atoms with Crippen LogP contribution in [0.15, 0.2) is 0 Å². The highest BCUT2D eigenvalue weighted by molar-refractivity contribution is 7.89. The van der Waals surface area contributed by atoms with Gasteiger partial charge in [-0.15, -0.1) is 0 Å². The van der Waals surface area contributed by atoms with Gasteiger partial charge in [0.15, 0.2) is 0 Å². The Morgan fingerprint density at radius 3 is 2.50 bits per heavy atom. The van der Waals surface area contributed by atoms with Crippen LogP contribution >= 0.6 is 0 Å². The first-order valence-electron chi connectivity index (χ1n) is 4.49. The van der Waals surface area contributed by atoms with Crippen LogP contribution in [0.4, 0.5) is 0 Å². The predicted molar refractivity (Wildman–Crippen MR) is 48.9 cm³/mol. The molecule has 0 N–H and O–H groups in total. The molecule has 0 unspecified atom stereocenters. The van der Waals surface area contributed by atoms with Crippen LogP contribution in [0.3, 0.4) is 0 Å². The quantitative estimate of drug-likeness (QED) is 0.614. The molecule has 0 spiro atoms. The van der Waals surface area contributed by atoms with Gasteiger partial charge in [-0.25, -0.2) is 8.42 Å². The molecular formula is C8H16NO2S. The van der Waals surface area contributed by atoms with Gasteiger partial charge in [0, 0.05) is 13.1 Å². The lowest BCUT2D eigenvalue weighted by Crippen LogP contribution is -2.39. The Balaban J connectivity index is 2.28. The van der Waals surface area contributed by atoms with Gasteiger partial charge in [-0.1, -0.05) is 19.8 Å². The highest BCUT2D eigenvalue weighted by Gasteiger charge is 2.26. The van der Waals surface area contributed by atoms with Gasteiger partial charge in [0.1, 0.15) is 0 Å². The van der Waals surface area contributed by atoms with Gasteiger partial charge in [0.25, 0.3) is 0 Å². The van der Waals surface area contributed by atoms with Crippen molar-refractivity contribution in [3.05, 3.63) is 6.54 Å². The van der Waals surface area contributed by atoms with E-state index >= 15 is 0 Å². The molecule has 1 aliphatic heterocycles. The lowest BCUT2D eigenvalue weighted by atomic mass is 10.3. The molecule has 1 heterocycles. The first-order valence-corrected chi connectivity index (χ1v) is 6.10. The standard InChI is InChI=1S/C8H16NO2S/c1-2-3-4-8-12(10,11)9-6-5-7-9/h6H,2-5,7-8H2,1H3. The fourth-order valence-corrected chi connectivity index (χ4v) is 2.66. The van der Waals surface area contributed by atoms with Crippen molar-refractivity contribution >= 4 is 10.0 Å². The normalized spacial score (nSPS) is 19.1. The third-order valence-electron chi connectivity index (χ3n) is 2.05. The Morgan fingerprint density at radius 2 is 2.08 bits per heavy atom. The molecule has 1 radical (unpaired) electrons. The maximum atomic E-state index is 11.4. The van der Waals surface area contributed by atoms with Crippen molar-refractivity contribution in [2.75, 3.05) is 12.3 Å². The smallest absolute Gasteiger partial charge is 0.212 e. The van der Waals surface area contributed by atoms with Crippen LogP contribution in [-0.2, 0) is 10.0 Å². The molecule has 1 rings (SSSR count). The number of hydrogen-bond donors (Lipinski definition) is 0. The molecule has 1 fully saturated rings.